The lowest BCUT2D eigenvalue weighted by Crippen LogP contribution is -2.90. The van der Waals surface area contributed by atoms with Crippen molar-refractivity contribution in [2.24, 2.45) is 0 Å². The van der Waals surface area contributed by atoms with Gasteiger partial charge in [-0.1, -0.05) is 324 Å². The first-order chi connectivity index (χ1) is 42.2. The van der Waals surface area contributed by atoms with E-state index in [4.69, 9.17) is 57.6 Å². The van der Waals surface area contributed by atoms with E-state index >= 15 is 0 Å². The topological polar surface area (TPSA) is 129 Å². The van der Waals surface area contributed by atoms with Gasteiger partial charge >= 0.3 is 70.4 Å². The average molecular weight is 1370 g/mol. The van der Waals surface area contributed by atoms with E-state index in [1.54, 1.807) is 0 Å². The molecule has 0 aromatic heterocycles. The number of rotatable bonds is 16. The fourth-order valence-electron chi connectivity index (χ4n) is 9.75. The molecule has 4 aliphatic rings. The van der Waals surface area contributed by atoms with Crippen LogP contribution in [0.25, 0.3) is 0 Å². The van der Waals surface area contributed by atoms with Crippen LogP contribution in [0.4, 0.5) is 0 Å². The normalized spacial score (nSPS) is 28.1. The zero-order valence-electron chi connectivity index (χ0n) is 51.6. The van der Waals surface area contributed by atoms with Gasteiger partial charge in [-0.15, -0.1) is 0 Å². The Hall–Kier alpha value is -4.20. The molecule has 12 rings (SSSR count). The Morgan fingerprint density at radius 1 is 0.198 bits per heavy atom. The van der Waals surface area contributed by atoms with Gasteiger partial charge in [0.2, 0.25) is 0 Å². The second-order valence-electron chi connectivity index (χ2n) is 18.1. The van der Waals surface area contributed by atoms with Crippen molar-refractivity contribution in [3.63, 3.8) is 0 Å². The number of fused-ring (bicyclic) bond motifs is 4. The maximum absolute atomic E-state index is 8.51. The second-order valence-corrected chi connectivity index (χ2v) is 46.7. The predicted molar refractivity (Wildman–Crippen MR) is 373 cm³/mol. The molecule has 0 amide bonds. The molecule has 8 aromatic rings. The summed E-state index contributed by atoms with van der Waals surface area (Å²) in [6, 6.07) is 77.9. The minimum atomic E-state index is -5.03. The minimum absolute atomic E-state index is 0.537. The molecule has 0 saturated carbocycles. The molecule has 4 heterocycles. The van der Waals surface area contributed by atoms with Crippen molar-refractivity contribution in [3.8, 4) is 0 Å². The number of hydrogen-bond acceptors (Lipinski definition) is 14. The molecular weight excluding hydrogens is 1280 g/mol. The van der Waals surface area contributed by atoms with Gasteiger partial charge in [-0.3, -0.25) is 0 Å². The summed E-state index contributed by atoms with van der Waals surface area (Å²) in [5.74, 6) is 0. The first-order valence-electron chi connectivity index (χ1n) is 30.2. The van der Waals surface area contributed by atoms with Gasteiger partial charge in [0.25, 0.3) is 0 Å². The van der Waals surface area contributed by atoms with Crippen molar-refractivity contribution in [3.05, 3.63) is 243 Å². The van der Waals surface area contributed by atoms with Crippen molar-refractivity contribution in [2.75, 3.05) is 0 Å². The van der Waals surface area contributed by atoms with Gasteiger partial charge in [0.15, 0.2) is 0 Å². The van der Waals surface area contributed by atoms with Crippen molar-refractivity contribution >= 4 is 151 Å². The smallest absolute Gasteiger partial charge is 0.419 e. The fraction of sp³-hybridized carbons (Fsp3) is 0.200. The molecule has 8 aromatic carbocycles. The molecule has 456 valence electrons. The van der Waals surface area contributed by atoms with E-state index in [0.29, 0.717) is 41.5 Å². The van der Waals surface area contributed by atoms with E-state index in [1.807, 2.05) is 324 Å². The van der Waals surface area contributed by atoms with Crippen LogP contribution >= 0.6 is 0 Å². The van der Waals surface area contributed by atoms with Crippen molar-refractivity contribution in [1.82, 2.24) is 0 Å². The van der Waals surface area contributed by atoms with Crippen molar-refractivity contribution in [2.45, 2.75) is 81.6 Å². The molecule has 0 atom stereocenters. The zero-order valence-corrected chi connectivity index (χ0v) is 65.3. The number of hydrogen-bond donors (Lipinski definition) is 0. The maximum Gasteiger partial charge on any atom is 0.515 e. The molecule has 4 aliphatic heterocycles. The molecule has 0 unspecified atom stereocenters. The van der Waals surface area contributed by atoms with E-state index in [2.05, 4.69) is 0 Å². The fourth-order valence-corrected chi connectivity index (χ4v) is 61.7. The summed E-state index contributed by atoms with van der Waals surface area (Å²) < 4.78 is 113. The molecule has 0 spiro atoms. The lowest BCUT2D eigenvalue weighted by atomic mass is 10.4. The Morgan fingerprint density at radius 2 is 0.326 bits per heavy atom. The summed E-state index contributed by atoms with van der Waals surface area (Å²) in [4.78, 5) is 0. The summed E-state index contributed by atoms with van der Waals surface area (Å²) in [7, 11) is -44.5. The molecule has 0 aliphatic carbocycles. The van der Waals surface area contributed by atoms with Crippen LogP contribution in [0.1, 0.15) is 55.4 Å². The highest BCUT2D eigenvalue weighted by Gasteiger charge is 2.80. The highest BCUT2D eigenvalue weighted by Crippen LogP contribution is 2.42. The molecule has 4 fully saturated rings. The third kappa shape index (κ3) is 14.7. The van der Waals surface area contributed by atoms with Gasteiger partial charge < -0.3 is 57.6 Å². The minimum Gasteiger partial charge on any atom is -0.419 e. The summed E-state index contributed by atoms with van der Waals surface area (Å²) in [6.45, 7) is 24.2. The second kappa shape index (κ2) is 32.5. The average Bonchev–Trinajstić information content (AvgIpc) is 0.721. The van der Waals surface area contributed by atoms with Crippen LogP contribution in [-0.4, -0.2) is 109 Å². The highest BCUT2D eigenvalue weighted by atomic mass is 28.6. The standard InChI is InChI=1S/C52H60O14Si12.4C2H6/c1-67-53-71(45-29-13-5-14-30-45)57-75(49-37-21-9-22-38-49)59-72(54-68-2,46-31-15-6-16-32-46)60-76(58-71,50-39-23-10-24-40-50)66-78(52-43-27-12-28-44-52)62-73(55-69-3,47-33-17-7-18-34-47)61-77(65-75,51-41-25-11-26-42-51)63-74(64-78,56-70-4)48-35-19-8-20-36-48;4*1-2/h5-44H,67-70H2,1-4H3;4*1-2H3. The SMILES string of the molecule is CC.CC.CC.CC.C[SiH2]O[Si]1(c2ccccc2)O[Si]2(c3ccccc3)O[Si](O[SiH2]C)(c3ccccc3)O[Si](c3ccccc3)(O1)O[Si]1(c3ccccc3)O[Si](O[SiH2]C)(c3ccccc3)O[Si](c3ccccc3)(O[Si](O[SiH2]C)(c3ccccc3)O1)O2. The Labute approximate surface area is 529 Å². The Kier molecular flexibility index (Phi) is 26.2. The molecule has 26 heteroatoms. The van der Waals surface area contributed by atoms with Gasteiger partial charge in [0.05, 0.1) is 0 Å². The maximum atomic E-state index is 8.51. The third-order valence-corrected chi connectivity index (χ3v) is 53.6. The zero-order chi connectivity index (χ0) is 61.6. The van der Waals surface area contributed by atoms with Crippen LogP contribution in [0.15, 0.2) is 243 Å². The Bertz CT molecular complexity index is 2750. The third-order valence-electron chi connectivity index (χ3n) is 13.0. The first kappa shape index (κ1) is 69.3. The van der Waals surface area contributed by atoms with Crippen LogP contribution in [0.5, 0.6) is 0 Å². The van der Waals surface area contributed by atoms with Crippen LogP contribution in [-0.2, 0) is 57.6 Å². The Balaban J connectivity index is 0.00000127. The molecule has 4 saturated heterocycles. The van der Waals surface area contributed by atoms with Gasteiger partial charge in [-0.05, 0) is 0 Å². The molecule has 0 N–H and O–H groups in total. The Morgan fingerprint density at radius 3 is 0.453 bits per heavy atom. The summed E-state index contributed by atoms with van der Waals surface area (Å²) >= 11 is 0. The predicted octanol–water partition coefficient (Wildman–Crippen LogP) is 5.66. The number of benzene rings is 8. The van der Waals surface area contributed by atoms with Gasteiger partial charge in [-0.25, -0.2) is 0 Å². The van der Waals surface area contributed by atoms with Crippen LogP contribution in [0.2, 0.25) is 26.2 Å². The van der Waals surface area contributed by atoms with E-state index in [0.717, 1.165) is 0 Å². The highest BCUT2D eigenvalue weighted by molar-refractivity contribution is 7.10. The molecule has 86 heavy (non-hydrogen) atoms. The van der Waals surface area contributed by atoms with Gasteiger partial charge in [-0.2, -0.15) is 0 Å². The lowest BCUT2D eigenvalue weighted by molar-refractivity contribution is 0.0507. The summed E-state index contributed by atoms with van der Waals surface area (Å²) in [5.41, 5.74) is 0. The van der Waals surface area contributed by atoms with E-state index in [1.165, 1.54) is 0 Å². The molecule has 14 nitrogen and oxygen atoms in total. The van der Waals surface area contributed by atoms with Crippen molar-refractivity contribution in [1.29, 1.82) is 0 Å². The lowest BCUT2D eigenvalue weighted by Gasteiger charge is -2.57. The van der Waals surface area contributed by atoms with Crippen LogP contribution in [0, 0.1) is 0 Å². The van der Waals surface area contributed by atoms with Crippen molar-refractivity contribution < 1.29 is 57.6 Å². The van der Waals surface area contributed by atoms with Gasteiger partial charge in [0.1, 0.15) is 39.1 Å². The molecule has 0 radical (unpaired) electrons. The van der Waals surface area contributed by atoms with Crippen LogP contribution in [0.3, 0.4) is 0 Å². The summed E-state index contributed by atoms with van der Waals surface area (Å²) in [5, 5.41) is 4.64. The quantitative estimate of drug-likeness (QED) is 0.110. The first-order valence-corrected chi connectivity index (χ1v) is 51.9. The van der Waals surface area contributed by atoms with Gasteiger partial charge in [0, 0.05) is 41.5 Å². The van der Waals surface area contributed by atoms with Crippen LogP contribution < -0.4 is 41.5 Å². The largest absolute Gasteiger partial charge is 0.515 e. The molecule has 4 bridgehead atoms. The van der Waals surface area contributed by atoms with E-state index in [9.17, 15) is 0 Å². The van der Waals surface area contributed by atoms with E-state index < -0.39 is 109 Å². The monoisotopic (exact) mass is 1360 g/mol. The molecular formula is C60H84O14Si12. The van der Waals surface area contributed by atoms with E-state index in [-0.39, 0.29) is 0 Å². The summed E-state index contributed by atoms with van der Waals surface area (Å²) in [6.07, 6.45) is 0.